The van der Waals surface area contributed by atoms with Gasteiger partial charge in [0.1, 0.15) is 0 Å². The Morgan fingerprint density at radius 1 is 1.42 bits per heavy atom. The van der Waals surface area contributed by atoms with E-state index in [1.54, 1.807) is 0 Å². The van der Waals surface area contributed by atoms with Crippen LogP contribution in [0, 0.1) is 0 Å². The molecule has 3 nitrogen and oxygen atoms in total. The van der Waals surface area contributed by atoms with Crippen LogP contribution < -0.4 is 5.73 Å². The van der Waals surface area contributed by atoms with Crippen molar-refractivity contribution in [1.29, 1.82) is 0 Å². The molecule has 1 aliphatic carbocycles. The van der Waals surface area contributed by atoms with Gasteiger partial charge in [-0.25, -0.2) is 0 Å². The molecule has 2 aromatic rings. The van der Waals surface area contributed by atoms with Gasteiger partial charge in [0.15, 0.2) is 0 Å². The van der Waals surface area contributed by atoms with Crippen molar-refractivity contribution in [2.24, 2.45) is 5.73 Å². The zero-order valence-corrected chi connectivity index (χ0v) is 11.4. The molecular formula is C16H21N3. The van der Waals surface area contributed by atoms with Crippen molar-refractivity contribution in [2.75, 3.05) is 0 Å². The second-order valence-corrected chi connectivity index (χ2v) is 5.57. The van der Waals surface area contributed by atoms with Crippen molar-refractivity contribution in [3.05, 3.63) is 53.3 Å². The molecule has 0 bridgehead atoms. The molecule has 19 heavy (non-hydrogen) atoms. The first-order valence-electron chi connectivity index (χ1n) is 7.10. The molecule has 1 aliphatic rings. The average Bonchev–Trinajstić information content (AvgIpc) is 2.88. The topological polar surface area (TPSA) is 43.8 Å². The highest BCUT2D eigenvalue weighted by Gasteiger charge is 2.20. The van der Waals surface area contributed by atoms with Crippen LogP contribution in [0.3, 0.4) is 0 Å². The maximum Gasteiger partial charge on any atom is 0.0537 e. The minimum atomic E-state index is 0.0624. The van der Waals surface area contributed by atoms with Gasteiger partial charge in [-0.2, -0.15) is 5.10 Å². The summed E-state index contributed by atoms with van der Waals surface area (Å²) in [6, 6.07) is 8.89. The zero-order valence-electron chi connectivity index (χ0n) is 11.4. The molecule has 3 rings (SSSR count). The predicted octanol–water partition coefficient (Wildman–Crippen LogP) is 3.02. The van der Waals surface area contributed by atoms with Crippen LogP contribution in [0.15, 0.2) is 36.7 Å². The number of fused-ring (bicyclic) bond motifs is 1. The summed E-state index contributed by atoms with van der Waals surface area (Å²) < 4.78 is 2.05. The lowest BCUT2D eigenvalue weighted by Gasteiger charge is -2.25. The molecule has 100 valence electrons. The van der Waals surface area contributed by atoms with E-state index in [4.69, 9.17) is 5.73 Å². The van der Waals surface area contributed by atoms with Crippen molar-refractivity contribution in [2.45, 2.75) is 44.7 Å². The predicted molar refractivity (Wildman–Crippen MR) is 77.0 cm³/mol. The summed E-state index contributed by atoms with van der Waals surface area (Å²) in [6.45, 7) is 2.96. The zero-order chi connectivity index (χ0) is 13.2. The van der Waals surface area contributed by atoms with Gasteiger partial charge in [-0.1, -0.05) is 24.3 Å². The van der Waals surface area contributed by atoms with E-state index >= 15 is 0 Å². The van der Waals surface area contributed by atoms with Crippen LogP contribution in [-0.2, 0) is 13.0 Å². The second-order valence-electron chi connectivity index (χ2n) is 5.57. The average molecular weight is 255 g/mol. The molecule has 3 heteroatoms. The summed E-state index contributed by atoms with van der Waals surface area (Å²) in [4.78, 5) is 0. The maximum atomic E-state index is 5.88. The molecule has 1 aromatic carbocycles. The third-order valence-electron chi connectivity index (χ3n) is 4.08. The lowest BCUT2D eigenvalue weighted by molar-refractivity contribution is 0.457. The third-order valence-corrected chi connectivity index (χ3v) is 4.08. The number of benzene rings is 1. The first kappa shape index (κ1) is 12.4. The molecule has 0 saturated heterocycles. The first-order chi connectivity index (χ1) is 9.24. The highest BCUT2D eigenvalue weighted by atomic mass is 15.3. The van der Waals surface area contributed by atoms with Crippen LogP contribution in [-0.4, -0.2) is 9.78 Å². The smallest absolute Gasteiger partial charge is 0.0537 e. The monoisotopic (exact) mass is 255 g/mol. The number of aromatic nitrogens is 2. The van der Waals surface area contributed by atoms with Gasteiger partial charge in [-0.05, 0) is 37.3 Å². The Balaban J connectivity index is 1.80. The molecule has 0 saturated carbocycles. The van der Waals surface area contributed by atoms with E-state index in [0.29, 0.717) is 5.92 Å². The minimum absolute atomic E-state index is 0.0624. The van der Waals surface area contributed by atoms with Gasteiger partial charge in [0.05, 0.1) is 6.20 Å². The van der Waals surface area contributed by atoms with Crippen molar-refractivity contribution in [3.63, 3.8) is 0 Å². The molecule has 0 aliphatic heterocycles. The first-order valence-corrected chi connectivity index (χ1v) is 7.10. The maximum absolute atomic E-state index is 5.88. The molecule has 1 aromatic heterocycles. The standard InChI is InChI=1S/C16H21N3/c1-12(17)15-9-18-19(11-15)10-14-7-4-6-13-5-2-3-8-16(13)14/h2-3,5,8-9,11-12,14H,4,6-7,10,17H2,1H3. The second kappa shape index (κ2) is 5.17. The van der Waals surface area contributed by atoms with Crippen molar-refractivity contribution in [3.8, 4) is 0 Å². The van der Waals surface area contributed by atoms with Crippen LogP contribution in [0.1, 0.15) is 48.4 Å². The van der Waals surface area contributed by atoms with E-state index in [-0.39, 0.29) is 6.04 Å². The van der Waals surface area contributed by atoms with Crippen molar-refractivity contribution >= 4 is 0 Å². The molecule has 0 radical (unpaired) electrons. The fourth-order valence-electron chi connectivity index (χ4n) is 2.98. The SMILES string of the molecule is CC(N)c1cnn(CC2CCCc3ccccc32)c1. The van der Waals surface area contributed by atoms with Gasteiger partial charge < -0.3 is 5.73 Å². The Kier molecular flexibility index (Phi) is 3.38. The Hall–Kier alpha value is -1.61. The lowest BCUT2D eigenvalue weighted by Crippen LogP contribution is -2.15. The number of nitrogens with two attached hydrogens (primary N) is 1. The van der Waals surface area contributed by atoms with Crippen molar-refractivity contribution in [1.82, 2.24) is 9.78 Å². The van der Waals surface area contributed by atoms with Gasteiger partial charge in [0.25, 0.3) is 0 Å². The van der Waals surface area contributed by atoms with Gasteiger partial charge >= 0.3 is 0 Å². The van der Waals surface area contributed by atoms with E-state index in [1.165, 1.54) is 30.4 Å². The van der Waals surface area contributed by atoms with E-state index in [0.717, 1.165) is 12.1 Å². The summed E-state index contributed by atoms with van der Waals surface area (Å²) in [7, 11) is 0. The molecule has 0 spiro atoms. The number of nitrogens with zero attached hydrogens (tertiary/aromatic N) is 2. The lowest BCUT2D eigenvalue weighted by atomic mass is 9.83. The molecule has 2 unspecified atom stereocenters. The number of hydrogen-bond acceptors (Lipinski definition) is 2. The highest BCUT2D eigenvalue weighted by molar-refractivity contribution is 5.32. The minimum Gasteiger partial charge on any atom is -0.324 e. The fraction of sp³-hybridized carbons (Fsp3) is 0.438. The van der Waals surface area contributed by atoms with Crippen molar-refractivity contribution < 1.29 is 0 Å². The normalized spacial score (nSPS) is 20.0. The quantitative estimate of drug-likeness (QED) is 0.916. The summed E-state index contributed by atoms with van der Waals surface area (Å²) in [5.41, 5.74) is 10.0. The van der Waals surface area contributed by atoms with Crippen LogP contribution in [0.2, 0.25) is 0 Å². The molecule has 0 fully saturated rings. The third kappa shape index (κ3) is 2.56. The molecule has 1 heterocycles. The molecule has 2 atom stereocenters. The van der Waals surface area contributed by atoms with E-state index in [9.17, 15) is 0 Å². The van der Waals surface area contributed by atoms with E-state index in [1.807, 2.05) is 17.8 Å². The Morgan fingerprint density at radius 2 is 2.26 bits per heavy atom. The fourth-order valence-corrected chi connectivity index (χ4v) is 2.98. The van der Waals surface area contributed by atoms with E-state index in [2.05, 4.69) is 35.6 Å². The number of hydrogen-bond donors (Lipinski definition) is 1. The van der Waals surface area contributed by atoms with Gasteiger partial charge in [-0.3, -0.25) is 4.68 Å². The Morgan fingerprint density at radius 3 is 3.05 bits per heavy atom. The summed E-state index contributed by atoms with van der Waals surface area (Å²) in [5.74, 6) is 0.589. The van der Waals surface area contributed by atoms with Crippen LogP contribution in [0.5, 0.6) is 0 Å². The van der Waals surface area contributed by atoms with Gasteiger partial charge in [0, 0.05) is 30.3 Å². The Bertz CT molecular complexity index is 557. The number of aryl methyl sites for hydroxylation is 1. The summed E-state index contributed by atoms with van der Waals surface area (Å²) >= 11 is 0. The molecule has 0 amide bonds. The van der Waals surface area contributed by atoms with Crippen LogP contribution in [0.4, 0.5) is 0 Å². The highest BCUT2D eigenvalue weighted by Crippen LogP contribution is 2.32. The van der Waals surface area contributed by atoms with Crippen LogP contribution in [0.25, 0.3) is 0 Å². The molecular weight excluding hydrogens is 234 g/mol. The molecule has 2 N–H and O–H groups in total. The van der Waals surface area contributed by atoms with E-state index < -0.39 is 0 Å². The van der Waals surface area contributed by atoms with Gasteiger partial charge in [-0.15, -0.1) is 0 Å². The van der Waals surface area contributed by atoms with Gasteiger partial charge in [0.2, 0.25) is 0 Å². The van der Waals surface area contributed by atoms with Crippen LogP contribution >= 0.6 is 0 Å². The Labute approximate surface area is 114 Å². The number of rotatable bonds is 3. The summed E-state index contributed by atoms with van der Waals surface area (Å²) in [5, 5.41) is 4.44. The summed E-state index contributed by atoms with van der Waals surface area (Å²) in [6.07, 6.45) is 7.73. The largest absolute Gasteiger partial charge is 0.324 e.